The molecule has 112 valence electrons. The number of halogens is 2. The standard InChI is InChI=1S/C15H16FN3O.ClH/c16-14-4-1-3-13(11-14)5-6-15(20)18-7-2-9-19-10-8-17-12-19;/h1,3-6,8,10-12H,2,7,9H2,(H,18,20);1H/p-1/b6-5+;. The van der Waals surface area contributed by atoms with Gasteiger partial charge in [0.1, 0.15) is 5.82 Å². The Bertz CT molecular complexity index is 584. The van der Waals surface area contributed by atoms with E-state index in [1.807, 2.05) is 10.8 Å². The topological polar surface area (TPSA) is 46.9 Å². The van der Waals surface area contributed by atoms with Crippen LogP contribution in [0.15, 0.2) is 49.1 Å². The van der Waals surface area contributed by atoms with Crippen LogP contribution in [0.25, 0.3) is 6.08 Å². The van der Waals surface area contributed by atoms with Crippen LogP contribution < -0.4 is 17.7 Å². The average molecular weight is 309 g/mol. The fourth-order valence-electron chi connectivity index (χ4n) is 1.73. The number of benzene rings is 1. The number of carbonyl (C=O) groups excluding carboxylic acids is 1. The van der Waals surface area contributed by atoms with Crippen molar-refractivity contribution in [3.05, 3.63) is 60.4 Å². The van der Waals surface area contributed by atoms with Crippen molar-refractivity contribution >= 4 is 12.0 Å². The normalized spacial score (nSPS) is 10.3. The Morgan fingerprint density at radius 1 is 1.43 bits per heavy atom. The molecule has 4 nitrogen and oxygen atoms in total. The van der Waals surface area contributed by atoms with Gasteiger partial charge in [-0.25, -0.2) is 9.37 Å². The maximum Gasteiger partial charge on any atom is 0.244 e. The van der Waals surface area contributed by atoms with Crippen molar-refractivity contribution in [3.8, 4) is 0 Å². The van der Waals surface area contributed by atoms with E-state index in [-0.39, 0.29) is 24.1 Å². The van der Waals surface area contributed by atoms with Gasteiger partial charge in [-0.15, -0.1) is 0 Å². The molecule has 0 saturated heterocycles. The van der Waals surface area contributed by atoms with Gasteiger partial charge in [-0.1, -0.05) is 12.1 Å². The first-order chi connectivity index (χ1) is 9.74. The zero-order valence-corrected chi connectivity index (χ0v) is 12.1. The zero-order valence-electron chi connectivity index (χ0n) is 11.4. The molecule has 0 radical (unpaired) electrons. The number of aryl methyl sites for hydroxylation is 1. The molecule has 0 spiro atoms. The molecule has 0 aliphatic heterocycles. The van der Waals surface area contributed by atoms with Gasteiger partial charge in [-0.3, -0.25) is 4.79 Å². The minimum Gasteiger partial charge on any atom is -1.00 e. The Hall–Kier alpha value is -2.14. The van der Waals surface area contributed by atoms with Gasteiger partial charge in [0.05, 0.1) is 6.33 Å². The van der Waals surface area contributed by atoms with Crippen molar-refractivity contribution in [1.29, 1.82) is 0 Å². The zero-order chi connectivity index (χ0) is 14.2. The highest BCUT2D eigenvalue weighted by Crippen LogP contribution is 2.04. The minimum atomic E-state index is -0.312. The maximum atomic E-state index is 12.9. The highest BCUT2D eigenvalue weighted by atomic mass is 35.5. The molecule has 0 unspecified atom stereocenters. The van der Waals surface area contributed by atoms with Crippen LogP contribution in [0.4, 0.5) is 4.39 Å². The van der Waals surface area contributed by atoms with Crippen molar-refractivity contribution in [2.45, 2.75) is 13.0 Å². The molecule has 0 saturated carbocycles. The van der Waals surface area contributed by atoms with E-state index in [0.717, 1.165) is 13.0 Å². The third-order valence-corrected chi connectivity index (χ3v) is 2.73. The second-order valence-corrected chi connectivity index (χ2v) is 4.33. The smallest absolute Gasteiger partial charge is 0.244 e. The van der Waals surface area contributed by atoms with Gasteiger partial charge in [0, 0.05) is 31.6 Å². The van der Waals surface area contributed by atoms with Gasteiger partial charge < -0.3 is 22.3 Å². The monoisotopic (exact) mass is 308 g/mol. The number of imidazole rings is 1. The van der Waals surface area contributed by atoms with Crippen LogP contribution >= 0.6 is 0 Å². The predicted molar refractivity (Wildman–Crippen MR) is 75.3 cm³/mol. The summed E-state index contributed by atoms with van der Waals surface area (Å²) >= 11 is 0. The van der Waals surface area contributed by atoms with Crippen molar-refractivity contribution in [1.82, 2.24) is 14.9 Å². The molecular weight excluding hydrogens is 293 g/mol. The fraction of sp³-hybridized carbons (Fsp3) is 0.200. The Balaban J connectivity index is 0.00000220. The van der Waals surface area contributed by atoms with Gasteiger partial charge in [0.25, 0.3) is 0 Å². The summed E-state index contributed by atoms with van der Waals surface area (Å²) < 4.78 is 14.9. The number of nitrogens with zero attached hydrogens (tertiary/aromatic N) is 2. The van der Waals surface area contributed by atoms with Crippen molar-refractivity contribution < 1.29 is 21.6 Å². The lowest BCUT2D eigenvalue weighted by molar-refractivity contribution is -0.116. The molecule has 0 bridgehead atoms. The Kier molecular flexibility index (Phi) is 7.18. The maximum absolute atomic E-state index is 12.9. The van der Waals surface area contributed by atoms with Gasteiger partial charge in [-0.2, -0.15) is 0 Å². The molecule has 0 fully saturated rings. The van der Waals surface area contributed by atoms with Crippen LogP contribution in [-0.2, 0) is 11.3 Å². The van der Waals surface area contributed by atoms with Gasteiger partial charge >= 0.3 is 0 Å². The molecule has 0 atom stereocenters. The minimum absolute atomic E-state index is 0. The van der Waals surface area contributed by atoms with E-state index in [1.54, 1.807) is 30.7 Å². The van der Waals surface area contributed by atoms with E-state index in [4.69, 9.17) is 0 Å². The number of nitrogens with one attached hydrogen (secondary N) is 1. The van der Waals surface area contributed by atoms with E-state index in [9.17, 15) is 9.18 Å². The molecule has 1 aromatic carbocycles. The second kappa shape index (κ2) is 8.92. The van der Waals surface area contributed by atoms with Crippen LogP contribution in [0.3, 0.4) is 0 Å². The number of rotatable bonds is 6. The molecule has 6 heteroatoms. The highest BCUT2D eigenvalue weighted by Gasteiger charge is 1.96. The summed E-state index contributed by atoms with van der Waals surface area (Å²) in [5.74, 6) is -0.493. The van der Waals surface area contributed by atoms with Crippen LogP contribution in [0.2, 0.25) is 0 Å². The Morgan fingerprint density at radius 2 is 2.29 bits per heavy atom. The lowest BCUT2D eigenvalue weighted by atomic mass is 10.2. The van der Waals surface area contributed by atoms with Crippen LogP contribution in [-0.4, -0.2) is 22.0 Å². The Morgan fingerprint density at radius 3 is 3.00 bits per heavy atom. The summed E-state index contributed by atoms with van der Waals surface area (Å²) in [6.07, 6.45) is 9.17. The Labute approximate surface area is 129 Å². The first-order valence-electron chi connectivity index (χ1n) is 6.41. The average Bonchev–Trinajstić information content (AvgIpc) is 2.95. The molecule has 1 amide bonds. The van der Waals surface area contributed by atoms with E-state index in [1.165, 1.54) is 18.2 Å². The SMILES string of the molecule is O=C(/C=C/c1cccc(F)c1)NCCCn1ccnc1.[Cl-]. The summed E-state index contributed by atoms with van der Waals surface area (Å²) in [6.45, 7) is 1.40. The van der Waals surface area contributed by atoms with Gasteiger partial charge in [-0.05, 0) is 30.2 Å². The quantitative estimate of drug-likeness (QED) is 0.564. The molecular formula is C15H16ClFN3O-. The number of amides is 1. The second-order valence-electron chi connectivity index (χ2n) is 4.33. The predicted octanol–water partition coefficient (Wildman–Crippen LogP) is -0.754. The number of aromatic nitrogens is 2. The van der Waals surface area contributed by atoms with E-state index < -0.39 is 0 Å². The number of hydrogen-bond donors (Lipinski definition) is 1. The van der Waals surface area contributed by atoms with Crippen LogP contribution in [0.5, 0.6) is 0 Å². The molecule has 2 rings (SSSR count). The fourth-order valence-corrected chi connectivity index (χ4v) is 1.73. The van der Waals surface area contributed by atoms with E-state index in [0.29, 0.717) is 12.1 Å². The van der Waals surface area contributed by atoms with Crippen molar-refractivity contribution in [2.24, 2.45) is 0 Å². The molecule has 21 heavy (non-hydrogen) atoms. The first-order valence-corrected chi connectivity index (χ1v) is 6.41. The molecule has 0 aliphatic carbocycles. The number of hydrogen-bond acceptors (Lipinski definition) is 2. The largest absolute Gasteiger partial charge is 1.00 e. The summed E-state index contributed by atoms with van der Waals surface area (Å²) in [4.78, 5) is 15.5. The van der Waals surface area contributed by atoms with Crippen molar-refractivity contribution in [3.63, 3.8) is 0 Å². The third-order valence-electron chi connectivity index (χ3n) is 2.73. The van der Waals surface area contributed by atoms with E-state index in [2.05, 4.69) is 10.3 Å². The molecule has 2 aromatic rings. The molecule has 0 aliphatic rings. The molecule has 1 aromatic heterocycles. The first kappa shape index (κ1) is 16.9. The van der Waals surface area contributed by atoms with Crippen LogP contribution in [0.1, 0.15) is 12.0 Å². The summed E-state index contributed by atoms with van der Waals surface area (Å²) in [6, 6.07) is 6.10. The lowest BCUT2D eigenvalue weighted by Gasteiger charge is -2.03. The number of carbonyl (C=O) groups is 1. The van der Waals surface area contributed by atoms with Crippen molar-refractivity contribution in [2.75, 3.05) is 6.54 Å². The van der Waals surface area contributed by atoms with Crippen LogP contribution in [0, 0.1) is 5.82 Å². The summed E-state index contributed by atoms with van der Waals surface area (Å²) in [5, 5.41) is 2.78. The van der Waals surface area contributed by atoms with E-state index >= 15 is 0 Å². The van der Waals surface area contributed by atoms with Gasteiger partial charge in [0.15, 0.2) is 0 Å². The summed E-state index contributed by atoms with van der Waals surface area (Å²) in [7, 11) is 0. The molecule has 1 N–H and O–H groups in total. The highest BCUT2D eigenvalue weighted by molar-refractivity contribution is 5.91. The molecule has 1 heterocycles. The van der Waals surface area contributed by atoms with Gasteiger partial charge in [0.2, 0.25) is 5.91 Å². The summed E-state index contributed by atoms with van der Waals surface area (Å²) in [5.41, 5.74) is 0.665. The third kappa shape index (κ3) is 6.23. The lowest BCUT2D eigenvalue weighted by Crippen LogP contribution is -3.00.